The van der Waals surface area contributed by atoms with Crippen LogP contribution in [0.2, 0.25) is 0 Å². The molecule has 4 heterocycles. The zero-order chi connectivity index (χ0) is 19.2. The standard InChI is InChI=1S/C16H21N5O6/c1-16(11-4-3-9-14(17)18-8-19-21(9)11)13(23)12(22)10(27-16)7-25-15(24)20-5-2-6-26-20/h3-4,8,10,12-13,22-23H,2,5-7H2,1H3,(H2,17,18,19)/t10-,12-,13-,16+/m1/s1. The number of rotatable bonds is 3. The van der Waals surface area contributed by atoms with E-state index in [1.54, 1.807) is 19.1 Å². The summed E-state index contributed by atoms with van der Waals surface area (Å²) in [5.74, 6) is 0.281. The van der Waals surface area contributed by atoms with Gasteiger partial charge in [0.05, 0.1) is 18.8 Å². The van der Waals surface area contributed by atoms with Gasteiger partial charge in [-0.1, -0.05) is 0 Å². The van der Waals surface area contributed by atoms with Gasteiger partial charge in [0, 0.05) is 0 Å². The van der Waals surface area contributed by atoms with Crippen LogP contribution in [0, 0.1) is 0 Å². The van der Waals surface area contributed by atoms with Gasteiger partial charge in [-0.3, -0.25) is 4.84 Å². The number of anilines is 1. The van der Waals surface area contributed by atoms with Crippen LogP contribution in [-0.2, 0) is 19.9 Å². The molecular formula is C16H21N5O6. The first-order valence-corrected chi connectivity index (χ1v) is 8.61. The molecule has 0 aliphatic carbocycles. The van der Waals surface area contributed by atoms with Crippen LogP contribution in [0.4, 0.5) is 10.6 Å². The maximum atomic E-state index is 11.9. The molecule has 146 valence electrons. The van der Waals surface area contributed by atoms with Gasteiger partial charge in [-0.05, 0) is 25.5 Å². The molecule has 0 spiro atoms. The van der Waals surface area contributed by atoms with Crippen LogP contribution in [0.25, 0.3) is 5.52 Å². The molecule has 2 aromatic rings. The third kappa shape index (κ3) is 2.88. The molecule has 2 aliphatic heterocycles. The smallest absolute Gasteiger partial charge is 0.434 e. The van der Waals surface area contributed by atoms with Gasteiger partial charge >= 0.3 is 6.09 Å². The Labute approximate surface area is 154 Å². The molecule has 0 unspecified atom stereocenters. The van der Waals surface area contributed by atoms with Crippen molar-refractivity contribution in [2.45, 2.75) is 37.3 Å². The summed E-state index contributed by atoms with van der Waals surface area (Å²) >= 11 is 0. The average molecular weight is 379 g/mol. The number of hydrogen-bond acceptors (Lipinski definition) is 9. The van der Waals surface area contributed by atoms with E-state index in [1.165, 1.54) is 10.8 Å². The van der Waals surface area contributed by atoms with E-state index < -0.39 is 30.0 Å². The fraction of sp³-hybridized carbons (Fsp3) is 0.562. The van der Waals surface area contributed by atoms with E-state index in [9.17, 15) is 15.0 Å². The van der Waals surface area contributed by atoms with E-state index in [4.69, 9.17) is 20.0 Å². The van der Waals surface area contributed by atoms with Crippen LogP contribution in [0.3, 0.4) is 0 Å². The summed E-state index contributed by atoms with van der Waals surface area (Å²) in [6.45, 7) is 2.31. The molecule has 27 heavy (non-hydrogen) atoms. The molecule has 4 atom stereocenters. The van der Waals surface area contributed by atoms with E-state index in [0.29, 0.717) is 24.4 Å². The van der Waals surface area contributed by atoms with Gasteiger partial charge in [-0.25, -0.2) is 14.3 Å². The highest BCUT2D eigenvalue weighted by molar-refractivity contribution is 5.66. The Morgan fingerprint density at radius 2 is 2.30 bits per heavy atom. The Morgan fingerprint density at radius 1 is 1.48 bits per heavy atom. The number of nitrogen functional groups attached to an aromatic ring is 1. The molecule has 1 amide bonds. The highest BCUT2D eigenvalue weighted by Crippen LogP contribution is 2.40. The summed E-state index contributed by atoms with van der Waals surface area (Å²) < 4.78 is 12.6. The van der Waals surface area contributed by atoms with Crippen molar-refractivity contribution < 1.29 is 29.3 Å². The number of aromatic nitrogens is 3. The molecule has 2 aliphatic rings. The summed E-state index contributed by atoms with van der Waals surface area (Å²) in [6.07, 6.45) is -2.06. The Balaban J connectivity index is 1.53. The number of carbonyl (C=O) groups excluding carboxylic acids is 1. The molecular weight excluding hydrogens is 358 g/mol. The first kappa shape index (κ1) is 17.9. The second-order valence-electron chi connectivity index (χ2n) is 6.73. The molecule has 11 heteroatoms. The Hall–Kier alpha value is -2.47. The van der Waals surface area contributed by atoms with Crippen molar-refractivity contribution >= 4 is 17.4 Å². The average Bonchev–Trinajstić information content (AvgIpc) is 3.37. The summed E-state index contributed by atoms with van der Waals surface area (Å²) in [7, 11) is 0. The van der Waals surface area contributed by atoms with Crippen molar-refractivity contribution in [3.8, 4) is 0 Å². The van der Waals surface area contributed by atoms with Gasteiger partial charge in [0.15, 0.2) is 5.82 Å². The number of nitrogens with zero attached hydrogens (tertiary/aromatic N) is 4. The number of hydrogen-bond donors (Lipinski definition) is 3. The van der Waals surface area contributed by atoms with Gasteiger partial charge in [0.2, 0.25) is 0 Å². The number of aliphatic hydroxyl groups is 2. The molecule has 2 saturated heterocycles. The summed E-state index contributed by atoms with van der Waals surface area (Å²) in [6, 6.07) is 3.40. The van der Waals surface area contributed by atoms with Crippen LogP contribution < -0.4 is 5.73 Å². The lowest BCUT2D eigenvalue weighted by Crippen LogP contribution is -2.40. The first-order chi connectivity index (χ1) is 12.9. The lowest BCUT2D eigenvalue weighted by atomic mass is 9.93. The predicted molar refractivity (Wildman–Crippen MR) is 90.3 cm³/mol. The van der Waals surface area contributed by atoms with Gasteiger partial charge in [-0.2, -0.15) is 10.2 Å². The molecule has 4 rings (SSSR count). The lowest BCUT2D eigenvalue weighted by molar-refractivity contribution is -0.114. The summed E-state index contributed by atoms with van der Waals surface area (Å²) in [4.78, 5) is 21.0. The predicted octanol–water partition coefficient (Wildman–Crippen LogP) is -0.579. The van der Waals surface area contributed by atoms with Crippen LogP contribution in [0.15, 0.2) is 18.5 Å². The third-order valence-electron chi connectivity index (χ3n) is 4.98. The fourth-order valence-corrected chi connectivity index (χ4v) is 3.47. The van der Waals surface area contributed by atoms with Gasteiger partial charge in [-0.15, -0.1) is 0 Å². The molecule has 0 aromatic carbocycles. The maximum Gasteiger partial charge on any atom is 0.434 e. The molecule has 4 N–H and O–H groups in total. The van der Waals surface area contributed by atoms with E-state index in [1.807, 2.05) is 0 Å². The Bertz CT molecular complexity index is 853. The van der Waals surface area contributed by atoms with Crippen molar-refractivity contribution in [1.29, 1.82) is 0 Å². The molecule has 0 bridgehead atoms. The fourth-order valence-electron chi connectivity index (χ4n) is 3.47. The van der Waals surface area contributed by atoms with Crippen molar-refractivity contribution in [2.24, 2.45) is 0 Å². The van der Waals surface area contributed by atoms with E-state index in [0.717, 1.165) is 11.5 Å². The third-order valence-corrected chi connectivity index (χ3v) is 4.98. The second kappa shape index (κ2) is 6.60. The van der Waals surface area contributed by atoms with Crippen molar-refractivity contribution in [1.82, 2.24) is 19.7 Å². The number of amides is 1. The maximum absolute atomic E-state index is 11.9. The minimum atomic E-state index is -1.28. The Morgan fingerprint density at radius 3 is 3.04 bits per heavy atom. The largest absolute Gasteiger partial charge is 0.445 e. The van der Waals surface area contributed by atoms with Crippen LogP contribution in [0.5, 0.6) is 0 Å². The van der Waals surface area contributed by atoms with Gasteiger partial charge in [0.25, 0.3) is 0 Å². The highest BCUT2D eigenvalue weighted by Gasteiger charge is 2.54. The summed E-state index contributed by atoms with van der Waals surface area (Å²) in [5, 5.41) is 26.3. The minimum Gasteiger partial charge on any atom is -0.445 e. The Kier molecular flexibility index (Phi) is 4.38. The lowest BCUT2D eigenvalue weighted by Gasteiger charge is -2.27. The van der Waals surface area contributed by atoms with Gasteiger partial charge < -0.3 is 25.4 Å². The van der Waals surface area contributed by atoms with Crippen LogP contribution in [0.1, 0.15) is 19.0 Å². The molecule has 0 radical (unpaired) electrons. The first-order valence-electron chi connectivity index (χ1n) is 8.61. The quantitative estimate of drug-likeness (QED) is 0.638. The van der Waals surface area contributed by atoms with Crippen molar-refractivity contribution in [3.63, 3.8) is 0 Å². The topological polar surface area (TPSA) is 145 Å². The van der Waals surface area contributed by atoms with Crippen LogP contribution in [-0.4, -0.2) is 74.0 Å². The van der Waals surface area contributed by atoms with Gasteiger partial charge in [0.1, 0.15) is 42.4 Å². The monoisotopic (exact) mass is 379 g/mol. The molecule has 2 fully saturated rings. The molecule has 0 saturated carbocycles. The van der Waals surface area contributed by atoms with E-state index in [-0.39, 0.29) is 12.4 Å². The van der Waals surface area contributed by atoms with Crippen LogP contribution >= 0.6 is 0 Å². The van der Waals surface area contributed by atoms with E-state index >= 15 is 0 Å². The molecule has 11 nitrogen and oxygen atoms in total. The van der Waals surface area contributed by atoms with Crippen molar-refractivity contribution in [3.05, 3.63) is 24.2 Å². The number of carbonyl (C=O) groups is 1. The minimum absolute atomic E-state index is 0.229. The number of ether oxygens (including phenoxy) is 2. The summed E-state index contributed by atoms with van der Waals surface area (Å²) in [5.41, 5.74) is 5.61. The second-order valence-corrected chi connectivity index (χ2v) is 6.73. The molecule has 2 aromatic heterocycles. The van der Waals surface area contributed by atoms with E-state index in [2.05, 4.69) is 10.1 Å². The zero-order valence-corrected chi connectivity index (χ0v) is 14.7. The van der Waals surface area contributed by atoms with Crippen molar-refractivity contribution in [2.75, 3.05) is 25.5 Å². The number of nitrogens with two attached hydrogens (primary N) is 1. The SMILES string of the molecule is C[C@@]1(c2ccc3c(N)ncnn23)O[C@H](COC(=O)N2CCCO2)[C@@H](O)[C@H]1O. The normalized spacial score (nSPS) is 30.9. The number of aliphatic hydroxyl groups excluding tert-OH is 2. The number of hydroxylamine groups is 2. The number of fused-ring (bicyclic) bond motifs is 1. The zero-order valence-electron chi connectivity index (χ0n) is 14.7. The highest BCUT2D eigenvalue weighted by atomic mass is 16.7.